The van der Waals surface area contributed by atoms with Crippen LogP contribution in [0.5, 0.6) is 0 Å². The van der Waals surface area contributed by atoms with Crippen molar-refractivity contribution in [3.8, 4) is 10.7 Å². The number of carboxylic acids is 1. The third-order valence-corrected chi connectivity index (χ3v) is 3.83. The topological polar surface area (TPSA) is 107 Å². The minimum Gasteiger partial charge on any atom is -0.481 e. The van der Waals surface area contributed by atoms with Gasteiger partial charge < -0.3 is 5.11 Å². The van der Waals surface area contributed by atoms with E-state index in [-0.39, 0.29) is 17.9 Å². The summed E-state index contributed by atoms with van der Waals surface area (Å²) in [5.74, 6) is -0.371. The van der Waals surface area contributed by atoms with E-state index < -0.39 is 5.97 Å². The summed E-state index contributed by atoms with van der Waals surface area (Å²) in [5.41, 5.74) is 0.434. The number of hydrogen-bond acceptors (Lipinski definition) is 7. The van der Waals surface area contributed by atoms with Crippen LogP contribution in [0.25, 0.3) is 10.7 Å². The van der Waals surface area contributed by atoms with Gasteiger partial charge in [0.1, 0.15) is 4.88 Å². The minimum atomic E-state index is -0.884. The number of hydrogen-bond donors (Lipinski definition) is 1. The van der Waals surface area contributed by atoms with E-state index in [0.717, 1.165) is 10.6 Å². The summed E-state index contributed by atoms with van der Waals surface area (Å²) in [5, 5.41) is 24.7. The zero-order valence-electron chi connectivity index (χ0n) is 11.7. The molecule has 1 atom stereocenters. The lowest BCUT2D eigenvalue weighted by atomic mass is 9.85. The van der Waals surface area contributed by atoms with Crippen LogP contribution in [0.2, 0.25) is 0 Å². The zero-order valence-corrected chi connectivity index (χ0v) is 12.5. The van der Waals surface area contributed by atoms with Gasteiger partial charge in [0.05, 0.1) is 18.2 Å². The van der Waals surface area contributed by atoms with Gasteiger partial charge in [0, 0.05) is 0 Å². The summed E-state index contributed by atoms with van der Waals surface area (Å²) in [6, 6.07) is -0.355. The summed E-state index contributed by atoms with van der Waals surface area (Å²) in [4.78, 5) is 11.9. The molecule has 1 unspecified atom stereocenters. The molecule has 0 aliphatic rings. The molecule has 0 saturated carbocycles. The van der Waals surface area contributed by atoms with Crippen LogP contribution < -0.4 is 0 Å². The van der Waals surface area contributed by atoms with E-state index >= 15 is 0 Å². The molecular weight excluding hydrogens is 280 g/mol. The third kappa shape index (κ3) is 2.82. The Morgan fingerprint density at radius 1 is 1.40 bits per heavy atom. The van der Waals surface area contributed by atoms with E-state index in [9.17, 15) is 4.79 Å². The van der Waals surface area contributed by atoms with Gasteiger partial charge in [-0.2, -0.15) is 0 Å². The van der Waals surface area contributed by atoms with E-state index in [1.165, 1.54) is 11.5 Å². The van der Waals surface area contributed by atoms with Gasteiger partial charge in [-0.1, -0.05) is 25.3 Å². The standard InChI is InChI=1S/C11H16N6O2S/c1-6-9(20-16-12-6)10-13-14-15-17(10)7(5-8(18)19)11(2,3)4/h7H,5H2,1-4H3,(H,18,19). The number of tetrazole rings is 1. The molecular formula is C11H16N6O2S. The second-order valence-electron chi connectivity index (χ2n) is 5.61. The molecule has 20 heavy (non-hydrogen) atoms. The molecule has 2 rings (SSSR count). The average Bonchev–Trinajstić information content (AvgIpc) is 2.92. The fourth-order valence-electron chi connectivity index (χ4n) is 1.91. The molecule has 0 fully saturated rings. The number of nitrogens with zero attached hydrogens (tertiary/aromatic N) is 6. The van der Waals surface area contributed by atoms with Crippen molar-refractivity contribution in [2.75, 3.05) is 0 Å². The van der Waals surface area contributed by atoms with Gasteiger partial charge in [-0.3, -0.25) is 4.79 Å². The fourth-order valence-corrected chi connectivity index (χ4v) is 2.55. The molecule has 2 aromatic rings. The van der Waals surface area contributed by atoms with Crippen LogP contribution in [0.15, 0.2) is 0 Å². The monoisotopic (exact) mass is 296 g/mol. The highest BCUT2D eigenvalue weighted by molar-refractivity contribution is 7.09. The number of aryl methyl sites for hydroxylation is 1. The van der Waals surface area contributed by atoms with Gasteiger partial charge in [-0.05, 0) is 34.3 Å². The van der Waals surface area contributed by atoms with E-state index in [1.807, 2.05) is 27.7 Å². The molecule has 0 bridgehead atoms. The quantitative estimate of drug-likeness (QED) is 0.912. The summed E-state index contributed by atoms with van der Waals surface area (Å²) < 4.78 is 5.43. The van der Waals surface area contributed by atoms with E-state index in [2.05, 4.69) is 25.1 Å². The fraction of sp³-hybridized carbons (Fsp3) is 0.636. The molecule has 0 aromatic carbocycles. The first kappa shape index (κ1) is 14.5. The zero-order chi connectivity index (χ0) is 14.9. The van der Waals surface area contributed by atoms with Crippen molar-refractivity contribution in [1.82, 2.24) is 29.8 Å². The minimum absolute atomic E-state index is 0.0488. The van der Waals surface area contributed by atoms with Crippen LogP contribution in [0.3, 0.4) is 0 Å². The highest BCUT2D eigenvalue weighted by Crippen LogP contribution is 2.36. The Labute approximate surface area is 120 Å². The molecule has 2 heterocycles. The molecule has 8 nitrogen and oxygen atoms in total. The Balaban J connectivity index is 2.48. The molecule has 0 amide bonds. The second kappa shape index (κ2) is 5.23. The van der Waals surface area contributed by atoms with Gasteiger partial charge in [0.2, 0.25) is 0 Å². The van der Waals surface area contributed by atoms with Crippen LogP contribution >= 0.6 is 11.5 Å². The maximum absolute atomic E-state index is 11.1. The lowest BCUT2D eigenvalue weighted by Crippen LogP contribution is -2.28. The Morgan fingerprint density at radius 3 is 2.60 bits per heavy atom. The number of rotatable bonds is 4. The number of carboxylic acid groups (broad SMARTS) is 1. The summed E-state index contributed by atoms with van der Waals surface area (Å²) in [6.45, 7) is 7.71. The largest absolute Gasteiger partial charge is 0.481 e. The second-order valence-corrected chi connectivity index (χ2v) is 6.37. The average molecular weight is 296 g/mol. The predicted molar refractivity (Wildman–Crippen MR) is 72.2 cm³/mol. The molecule has 1 N–H and O–H groups in total. The molecule has 0 saturated heterocycles. The Kier molecular flexibility index (Phi) is 3.80. The molecule has 108 valence electrons. The van der Waals surface area contributed by atoms with Crippen molar-refractivity contribution in [1.29, 1.82) is 0 Å². The van der Waals surface area contributed by atoms with Crippen LogP contribution in [-0.2, 0) is 4.79 Å². The van der Waals surface area contributed by atoms with Crippen LogP contribution in [0.4, 0.5) is 0 Å². The van der Waals surface area contributed by atoms with Crippen molar-refractivity contribution < 1.29 is 9.90 Å². The molecule has 0 radical (unpaired) electrons. The SMILES string of the molecule is Cc1nnsc1-c1nnnn1C(CC(=O)O)C(C)(C)C. The smallest absolute Gasteiger partial charge is 0.305 e. The number of carbonyl (C=O) groups is 1. The van der Waals surface area contributed by atoms with Gasteiger partial charge >= 0.3 is 5.97 Å². The van der Waals surface area contributed by atoms with E-state index in [4.69, 9.17) is 5.11 Å². The maximum atomic E-state index is 11.1. The lowest BCUT2D eigenvalue weighted by Gasteiger charge is -2.29. The van der Waals surface area contributed by atoms with Crippen LogP contribution in [-0.4, -0.2) is 40.9 Å². The Hall–Kier alpha value is -1.90. The molecule has 2 aromatic heterocycles. The van der Waals surface area contributed by atoms with Crippen molar-refractivity contribution >= 4 is 17.5 Å². The highest BCUT2D eigenvalue weighted by atomic mass is 32.1. The van der Waals surface area contributed by atoms with Gasteiger partial charge in [0.15, 0.2) is 5.82 Å². The first-order valence-corrected chi connectivity index (χ1v) is 6.87. The van der Waals surface area contributed by atoms with Gasteiger partial charge in [-0.25, -0.2) is 4.68 Å². The third-order valence-electron chi connectivity index (χ3n) is 3.01. The van der Waals surface area contributed by atoms with Crippen LogP contribution in [0.1, 0.15) is 38.9 Å². The Morgan fingerprint density at radius 2 is 2.10 bits per heavy atom. The van der Waals surface area contributed by atoms with Gasteiger partial charge in [-0.15, -0.1) is 10.2 Å². The van der Waals surface area contributed by atoms with Crippen molar-refractivity contribution in [2.24, 2.45) is 5.41 Å². The molecule has 9 heteroatoms. The van der Waals surface area contributed by atoms with E-state index in [1.54, 1.807) is 4.68 Å². The number of aliphatic carboxylic acids is 1. The van der Waals surface area contributed by atoms with Crippen molar-refractivity contribution in [3.63, 3.8) is 0 Å². The highest BCUT2D eigenvalue weighted by Gasteiger charge is 2.32. The normalized spacial score (nSPS) is 13.4. The summed E-state index contributed by atoms with van der Waals surface area (Å²) >= 11 is 1.20. The van der Waals surface area contributed by atoms with Crippen molar-refractivity contribution in [3.05, 3.63) is 5.69 Å². The molecule has 0 spiro atoms. The lowest BCUT2D eigenvalue weighted by molar-refractivity contribution is -0.138. The predicted octanol–water partition coefficient (Wildman–Crippen LogP) is 1.56. The summed E-state index contributed by atoms with van der Waals surface area (Å²) in [6.07, 6.45) is -0.0488. The Bertz CT molecular complexity index is 614. The van der Waals surface area contributed by atoms with E-state index in [0.29, 0.717) is 5.82 Å². The first-order chi connectivity index (χ1) is 9.30. The molecule has 0 aliphatic heterocycles. The summed E-state index contributed by atoms with van der Waals surface area (Å²) in [7, 11) is 0. The first-order valence-electron chi connectivity index (χ1n) is 6.09. The number of aromatic nitrogens is 6. The van der Waals surface area contributed by atoms with Crippen LogP contribution in [0, 0.1) is 12.3 Å². The van der Waals surface area contributed by atoms with Gasteiger partial charge in [0.25, 0.3) is 0 Å². The maximum Gasteiger partial charge on any atom is 0.305 e. The van der Waals surface area contributed by atoms with Crippen molar-refractivity contribution in [2.45, 2.75) is 40.2 Å². The molecule has 0 aliphatic carbocycles.